The molecule has 0 aliphatic heterocycles. The van der Waals surface area contributed by atoms with Gasteiger partial charge in [0.05, 0.1) is 10.2 Å². The van der Waals surface area contributed by atoms with Gasteiger partial charge in [-0.3, -0.25) is 4.57 Å². The molecule has 1 aromatic heterocycles. The first kappa shape index (κ1) is 11.4. The van der Waals surface area contributed by atoms with Gasteiger partial charge in [0.1, 0.15) is 6.73 Å². The van der Waals surface area contributed by atoms with Gasteiger partial charge in [-0.15, -0.1) is 0 Å². The third kappa shape index (κ3) is 2.22. The molecule has 0 radical (unpaired) electrons. The quantitative estimate of drug-likeness (QED) is 0.830. The Morgan fingerprint density at radius 2 is 2.14 bits per heavy atom. The van der Waals surface area contributed by atoms with Crippen molar-refractivity contribution in [3.8, 4) is 0 Å². The van der Waals surface area contributed by atoms with Gasteiger partial charge in [-0.2, -0.15) is 4.98 Å². The molecule has 0 amide bonds. The van der Waals surface area contributed by atoms with Crippen molar-refractivity contribution in [1.29, 1.82) is 0 Å². The molecular formula is C9H13BrN2O2. The van der Waals surface area contributed by atoms with Gasteiger partial charge >= 0.3 is 5.69 Å². The minimum absolute atomic E-state index is 0.257. The van der Waals surface area contributed by atoms with Crippen LogP contribution >= 0.6 is 15.9 Å². The first-order valence-corrected chi connectivity index (χ1v) is 5.18. The normalized spacial score (nSPS) is 10.6. The summed E-state index contributed by atoms with van der Waals surface area (Å²) in [6.07, 6.45) is 0. The van der Waals surface area contributed by atoms with Crippen LogP contribution in [0.15, 0.2) is 9.27 Å². The van der Waals surface area contributed by atoms with Crippen molar-refractivity contribution >= 4 is 15.9 Å². The van der Waals surface area contributed by atoms with Crippen LogP contribution in [-0.4, -0.2) is 16.2 Å². The van der Waals surface area contributed by atoms with Crippen LogP contribution in [0.3, 0.4) is 0 Å². The fourth-order valence-electron chi connectivity index (χ4n) is 1.11. The van der Waals surface area contributed by atoms with Gasteiger partial charge in [0, 0.05) is 12.3 Å². The molecule has 14 heavy (non-hydrogen) atoms. The molecule has 5 heteroatoms. The van der Waals surface area contributed by atoms with Crippen LogP contribution in [0.1, 0.15) is 18.3 Å². The smallest absolute Gasteiger partial charge is 0.349 e. The summed E-state index contributed by atoms with van der Waals surface area (Å²) in [7, 11) is 0. The molecule has 78 valence electrons. The summed E-state index contributed by atoms with van der Waals surface area (Å²) in [5.74, 6) is 0. The predicted octanol–water partition coefficient (Wildman–Crippen LogP) is 1.62. The van der Waals surface area contributed by atoms with Crippen LogP contribution in [-0.2, 0) is 11.5 Å². The minimum Gasteiger partial charge on any atom is -0.361 e. The van der Waals surface area contributed by atoms with Gasteiger partial charge in [-0.1, -0.05) is 0 Å². The zero-order valence-corrected chi connectivity index (χ0v) is 10.1. The number of aromatic nitrogens is 2. The molecule has 0 fully saturated rings. The van der Waals surface area contributed by atoms with E-state index in [4.69, 9.17) is 4.74 Å². The van der Waals surface area contributed by atoms with Gasteiger partial charge in [-0.05, 0) is 36.7 Å². The minimum atomic E-state index is -0.267. The summed E-state index contributed by atoms with van der Waals surface area (Å²) in [5, 5.41) is 0. The molecular weight excluding hydrogens is 248 g/mol. The first-order chi connectivity index (χ1) is 6.57. The van der Waals surface area contributed by atoms with E-state index in [1.807, 2.05) is 13.8 Å². The lowest BCUT2D eigenvalue weighted by Crippen LogP contribution is -2.27. The molecule has 0 unspecified atom stereocenters. The predicted molar refractivity (Wildman–Crippen MR) is 57.3 cm³/mol. The highest BCUT2D eigenvalue weighted by Crippen LogP contribution is 2.16. The maximum absolute atomic E-state index is 11.5. The monoisotopic (exact) mass is 260 g/mol. The number of nitrogens with zero attached hydrogens (tertiary/aromatic N) is 2. The van der Waals surface area contributed by atoms with Crippen LogP contribution in [0.25, 0.3) is 0 Å². The fourth-order valence-corrected chi connectivity index (χ4v) is 1.41. The van der Waals surface area contributed by atoms with E-state index < -0.39 is 0 Å². The molecule has 1 heterocycles. The number of ether oxygens (including phenoxy) is 1. The molecule has 0 saturated heterocycles. The lowest BCUT2D eigenvalue weighted by Gasteiger charge is -2.11. The third-order valence-electron chi connectivity index (χ3n) is 1.96. The van der Waals surface area contributed by atoms with Crippen molar-refractivity contribution in [3.05, 3.63) is 26.3 Å². The average Bonchev–Trinajstić information content (AvgIpc) is 2.14. The maximum Gasteiger partial charge on any atom is 0.349 e. The Bertz CT molecular complexity index is 387. The second-order valence-electron chi connectivity index (χ2n) is 2.93. The van der Waals surface area contributed by atoms with Gasteiger partial charge < -0.3 is 4.74 Å². The van der Waals surface area contributed by atoms with Crippen LogP contribution in [0, 0.1) is 13.8 Å². The highest BCUT2D eigenvalue weighted by Gasteiger charge is 2.08. The molecule has 0 aliphatic carbocycles. The lowest BCUT2D eigenvalue weighted by molar-refractivity contribution is 0.0827. The summed E-state index contributed by atoms with van der Waals surface area (Å²) in [4.78, 5) is 15.3. The molecule has 0 atom stereocenters. The summed E-state index contributed by atoms with van der Waals surface area (Å²) in [6.45, 7) is 6.38. The third-order valence-corrected chi connectivity index (χ3v) is 3.11. The van der Waals surface area contributed by atoms with Gasteiger partial charge in [0.2, 0.25) is 0 Å². The van der Waals surface area contributed by atoms with E-state index in [-0.39, 0.29) is 12.4 Å². The van der Waals surface area contributed by atoms with E-state index in [0.717, 1.165) is 10.2 Å². The zero-order valence-electron chi connectivity index (χ0n) is 8.50. The van der Waals surface area contributed by atoms with Crippen LogP contribution < -0.4 is 5.69 Å². The standard InChI is InChI=1S/C9H13BrN2O2/c1-4-14-5-12-7(3)8(10)6(2)11-9(12)13/h4-5H2,1-3H3. The average molecular weight is 261 g/mol. The van der Waals surface area contributed by atoms with Crippen molar-refractivity contribution in [3.63, 3.8) is 0 Å². The molecule has 0 aliphatic rings. The molecule has 1 aromatic rings. The second-order valence-corrected chi connectivity index (χ2v) is 3.72. The Labute approximate surface area is 91.0 Å². The second kappa shape index (κ2) is 4.70. The molecule has 0 N–H and O–H groups in total. The van der Waals surface area contributed by atoms with E-state index in [1.54, 1.807) is 6.92 Å². The van der Waals surface area contributed by atoms with Crippen LogP contribution in [0.5, 0.6) is 0 Å². The van der Waals surface area contributed by atoms with Crippen molar-refractivity contribution in [2.45, 2.75) is 27.5 Å². The molecule has 0 saturated carbocycles. The number of halogens is 1. The molecule has 0 aromatic carbocycles. The van der Waals surface area contributed by atoms with Crippen molar-refractivity contribution < 1.29 is 4.74 Å². The van der Waals surface area contributed by atoms with Crippen molar-refractivity contribution in [2.24, 2.45) is 0 Å². The van der Waals surface area contributed by atoms with Gasteiger partial charge in [-0.25, -0.2) is 4.79 Å². The zero-order chi connectivity index (χ0) is 10.7. The fraction of sp³-hybridized carbons (Fsp3) is 0.556. The Hall–Kier alpha value is -0.680. The number of hydrogen-bond donors (Lipinski definition) is 0. The first-order valence-electron chi connectivity index (χ1n) is 4.39. The number of hydrogen-bond acceptors (Lipinski definition) is 3. The topological polar surface area (TPSA) is 44.1 Å². The van der Waals surface area contributed by atoms with Crippen LogP contribution in [0.4, 0.5) is 0 Å². The Morgan fingerprint density at radius 1 is 1.50 bits per heavy atom. The summed E-state index contributed by atoms with van der Waals surface area (Å²) in [6, 6.07) is 0. The summed E-state index contributed by atoms with van der Waals surface area (Å²) in [5.41, 5.74) is 1.29. The highest BCUT2D eigenvalue weighted by atomic mass is 79.9. The Morgan fingerprint density at radius 3 is 2.71 bits per heavy atom. The molecule has 1 rings (SSSR count). The van der Waals surface area contributed by atoms with E-state index in [2.05, 4.69) is 20.9 Å². The van der Waals surface area contributed by atoms with Gasteiger partial charge in [0.15, 0.2) is 0 Å². The Balaban J connectivity index is 3.16. The largest absolute Gasteiger partial charge is 0.361 e. The maximum atomic E-state index is 11.5. The van der Waals surface area contributed by atoms with E-state index in [0.29, 0.717) is 12.3 Å². The van der Waals surface area contributed by atoms with Crippen LogP contribution in [0.2, 0.25) is 0 Å². The summed E-state index contributed by atoms with van der Waals surface area (Å²) < 4.78 is 7.54. The Kier molecular flexibility index (Phi) is 3.83. The van der Waals surface area contributed by atoms with Crippen molar-refractivity contribution in [2.75, 3.05) is 6.61 Å². The lowest BCUT2D eigenvalue weighted by atomic mass is 10.3. The van der Waals surface area contributed by atoms with Crippen molar-refractivity contribution in [1.82, 2.24) is 9.55 Å². The highest BCUT2D eigenvalue weighted by molar-refractivity contribution is 9.10. The van der Waals surface area contributed by atoms with E-state index in [9.17, 15) is 4.79 Å². The molecule has 0 bridgehead atoms. The van der Waals surface area contributed by atoms with Gasteiger partial charge in [0.25, 0.3) is 0 Å². The number of rotatable bonds is 3. The SMILES string of the molecule is CCOCn1c(C)c(Br)c(C)nc1=O. The van der Waals surface area contributed by atoms with E-state index in [1.165, 1.54) is 4.57 Å². The van der Waals surface area contributed by atoms with E-state index >= 15 is 0 Å². The summed E-state index contributed by atoms with van der Waals surface area (Å²) >= 11 is 3.38. The number of aryl methyl sites for hydroxylation is 1. The molecule has 4 nitrogen and oxygen atoms in total. The molecule has 0 spiro atoms.